The molecule has 0 spiro atoms. The molecule has 0 bridgehead atoms. The zero-order valence-corrected chi connectivity index (χ0v) is 31.6. The van der Waals surface area contributed by atoms with Crippen LogP contribution in [0.5, 0.6) is 0 Å². The molecule has 4 rings (SSSR count). The van der Waals surface area contributed by atoms with Gasteiger partial charge in [0.1, 0.15) is 11.3 Å². The van der Waals surface area contributed by atoms with Crippen LogP contribution in [0, 0.1) is 0 Å². The molecule has 2 N–H and O–H groups in total. The van der Waals surface area contributed by atoms with Gasteiger partial charge >= 0.3 is 77.5 Å². The molecule has 2 aliphatic rings. The van der Waals surface area contributed by atoms with E-state index in [1.165, 1.54) is 12.1 Å². The maximum absolute atomic E-state index is 14.4. The van der Waals surface area contributed by atoms with E-state index in [2.05, 4.69) is 4.99 Å². The summed E-state index contributed by atoms with van der Waals surface area (Å²) in [6, 6.07) is 9.57. The van der Waals surface area contributed by atoms with Crippen molar-refractivity contribution in [2.75, 3.05) is 18.4 Å². The number of carbonyl (C=O) groups is 1. The fourth-order valence-electron chi connectivity index (χ4n) is 5.87. The monoisotopic (exact) mass is 1020 g/mol. The van der Waals surface area contributed by atoms with Crippen molar-refractivity contribution in [1.82, 2.24) is 0 Å². The maximum atomic E-state index is 14.4. The molecule has 0 saturated carbocycles. The van der Waals surface area contributed by atoms with Crippen molar-refractivity contribution in [1.29, 1.82) is 0 Å². The number of aromatic carboxylic acids is 1. The van der Waals surface area contributed by atoms with Crippen molar-refractivity contribution in [3.05, 3.63) is 71.6 Å². The summed E-state index contributed by atoms with van der Waals surface area (Å²) in [4.78, 5) is 15.4. The highest BCUT2D eigenvalue weighted by molar-refractivity contribution is 6.07. The molecule has 0 radical (unpaired) electrons. The van der Waals surface area contributed by atoms with Crippen LogP contribution in [0.2, 0.25) is 0 Å². The summed E-state index contributed by atoms with van der Waals surface area (Å²) in [5.74, 6) is -78.9. The minimum Gasteiger partial charge on any atom is -0.478 e. The van der Waals surface area contributed by atoms with Gasteiger partial charge in [0.25, 0.3) is 0 Å². The first-order valence-corrected chi connectivity index (χ1v) is 17.4. The van der Waals surface area contributed by atoms with Crippen LogP contribution < -0.4 is 10.7 Å². The van der Waals surface area contributed by atoms with Gasteiger partial charge in [0.15, 0.2) is 0 Å². The van der Waals surface area contributed by atoms with Crippen LogP contribution in [0.15, 0.2) is 70.1 Å². The minimum atomic E-state index is -8.17. The molecule has 1 aliphatic heterocycles. The molecule has 0 aromatic heterocycles. The van der Waals surface area contributed by atoms with Crippen LogP contribution in [-0.2, 0) is 0 Å². The molecule has 0 saturated heterocycles. The number of anilines is 1. The van der Waals surface area contributed by atoms with E-state index in [0.29, 0.717) is 6.07 Å². The number of carboxylic acid groups (broad SMARTS) is 1. The molecule has 0 amide bonds. The Balaban J connectivity index is 1.74. The molecule has 0 unspecified atom stereocenters. The highest BCUT2D eigenvalue weighted by Crippen LogP contribution is 2.62. The lowest BCUT2D eigenvalue weighted by atomic mass is 9.90. The van der Waals surface area contributed by atoms with Crippen molar-refractivity contribution in [3.63, 3.8) is 0 Å². The molecule has 0 atom stereocenters. The van der Waals surface area contributed by atoms with E-state index < -0.39 is 131 Å². The lowest BCUT2D eigenvalue weighted by Gasteiger charge is -2.39. The van der Waals surface area contributed by atoms with Crippen LogP contribution in [-0.4, -0.2) is 95.7 Å². The number of fused-ring (bicyclic) bond motifs is 2. The van der Waals surface area contributed by atoms with Gasteiger partial charge in [-0.2, -0.15) is 114 Å². The van der Waals surface area contributed by atoms with Gasteiger partial charge in [-0.1, -0.05) is 18.2 Å². The van der Waals surface area contributed by atoms with E-state index in [1.54, 1.807) is 0 Å². The Morgan fingerprint density at radius 2 is 0.985 bits per heavy atom. The van der Waals surface area contributed by atoms with E-state index >= 15 is 0 Å². The molecule has 5 nitrogen and oxygen atoms in total. The normalized spacial score (nSPS) is 15.2. The average molecular weight is 1020 g/mol. The summed E-state index contributed by atoms with van der Waals surface area (Å²) in [6.07, 6.45) is -20.8. The third-order valence-electron chi connectivity index (χ3n) is 9.62. The molecule has 1 heterocycles. The van der Waals surface area contributed by atoms with Gasteiger partial charge in [0.2, 0.25) is 0 Å². The van der Waals surface area contributed by atoms with Crippen LogP contribution in [0.1, 0.15) is 23.2 Å². The number of hydrogen-bond donors (Lipinski definition) is 2. The number of benzene rings is 3. The Morgan fingerprint density at radius 1 is 0.522 bits per heavy atom. The molecule has 1 aliphatic carbocycles. The summed E-state index contributed by atoms with van der Waals surface area (Å²) < 4.78 is 357. The molecule has 67 heavy (non-hydrogen) atoms. The van der Waals surface area contributed by atoms with E-state index in [-0.39, 0.29) is 22.1 Å². The average Bonchev–Trinajstić information content (AvgIpc) is 3.18. The number of carboxylic acids is 1. The predicted octanol–water partition coefficient (Wildman–Crippen LogP) is 13.5. The topological polar surface area (TPSA) is 74.8 Å². The lowest BCUT2D eigenvalue weighted by molar-refractivity contribution is -0.440. The number of halogens is 26. The smallest absolute Gasteiger partial charge is 0.460 e. The predicted molar refractivity (Wildman–Crippen MR) is 175 cm³/mol. The van der Waals surface area contributed by atoms with Gasteiger partial charge < -0.3 is 14.8 Å². The second-order valence-corrected chi connectivity index (χ2v) is 14.0. The second kappa shape index (κ2) is 16.7. The largest absolute Gasteiger partial charge is 0.478 e. The van der Waals surface area contributed by atoms with E-state index in [4.69, 9.17) is 4.42 Å². The van der Waals surface area contributed by atoms with Gasteiger partial charge in [-0.05, 0) is 35.9 Å². The summed E-state index contributed by atoms with van der Waals surface area (Å²) >= 11 is 0. The molecule has 0 fully saturated rings. The summed E-state index contributed by atoms with van der Waals surface area (Å²) in [7, 11) is 0. The minimum absolute atomic E-state index is 0.178. The summed E-state index contributed by atoms with van der Waals surface area (Å²) in [5.41, 5.74) is -2.23. The van der Waals surface area contributed by atoms with Gasteiger partial charge in [0.05, 0.1) is 10.9 Å². The van der Waals surface area contributed by atoms with Crippen LogP contribution in [0.3, 0.4) is 0 Å². The quantitative estimate of drug-likeness (QED) is 0.0816. The van der Waals surface area contributed by atoms with Crippen molar-refractivity contribution in [3.8, 4) is 22.5 Å². The highest BCUT2D eigenvalue weighted by atomic mass is 19.4. The Morgan fingerprint density at radius 3 is 1.46 bits per heavy atom. The fourth-order valence-corrected chi connectivity index (χ4v) is 5.87. The first kappa shape index (κ1) is 54.2. The number of rotatable bonds is 17. The van der Waals surface area contributed by atoms with Gasteiger partial charge in [-0.3, -0.25) is 4.99 Å². The SMILES string of the molecule is O=C(O)c1ccccc1-c1c2ccc(=NCCC(F)(F)C(F)(F)C(F)(F)C(F)(F)C(F)(F)C(F)(F)F)cc-2oc2cc(NCCC(F)(F)C(F)(F)C(F)(F)C(F)(F)C(F)(F)C(F)(F)F)ccc12. The van der Waals surface area contributed by atoms with Gasteiger partial charge in [0, 0.05) is 60.3 Å². The van der Waals surface area contributed by atoms with E-state index in [0.717, 1.165) is 42.5 Å². The fraction of sp³-hybridized carbons (Fsp3) is 0.444. The van der Waals surface area contributed by atoms with Crippen LogP contribution in [0.25, 0.3) is 33.4 Å². The lowest BCUT2D eigenvalue weighted by Crippen LogP contribution is -2.70. The molecule has 31 heteroatoms. The van der Waals surface area contributed by atoms with Crippen molar-refractivity contribution >= 4 is 22.6 Å². The number of nitrogens with one attached hydrogen (secondary N) is 1. The van der Waals surface area contributed by atoms with Crippen molar-refractivity contribution < 1.29 is 128 Å². The van der Waals surface area contributed by atoms with Crippen LogP contribution >= 0.6 is 0 Å². The molecule has 2 aromatic carbocycles. The summed E-state index contributed by atoms with van der Waals surface area (Å²) in [5, 5.41) is 10.8. The molecular weight excluding hydrogens is 1000 g/mol. The Kier molecular flexibility index (Phi) is 13.5. The van der Waals surface area contributed by atoms with E-state index in [9.17, 15) is 124 Å². The van der Waals surface area contributed by atoms with Gasteiger partial charge in [-0.25, -0.2) is 4.79 Å². The molecule has 374 valence electrons. The van der Waals surface area contributed by atoms with E-state index in [1.807, 2.05) is 5.32 Å². The third-order valence-corrected chi connectivity index (χ3v) is 9.62. The standard InChI is InChI=1S/C36H20F26N2O3/c37-25(38,27(41,42)29(45,46)31(49,50)33(53,54)35(57,58)59)9-11-63-15-5-7-19-21(13-15)67-22-14-16(6-8-20(22)23(19)17-3-1-2-4-18(17)24(65)66)64-12-10-26(39,40)28(43,44)30(47,48)32(51,52)34(55,56)36(60,61)62/h1-8,13-14,63H,9-12H2,(H,65,66). The highest BCUT2D eigenvalue weighted by Gasteiger charge is 2.92. The number of alkyl halides is 26. The van der Waals surface area contributed by atoms with Crippen molar-refractivity contribution in [2.24, 2.45) is 4.99 Å². The zero-order chi connectivity index (χ0) is 51.8. The number of nitrogens with zero attached hydrogens (tertiary/aromatic N) is 1. The number of hydrogen-bond acceptors (Lipinski definition) is 4. The third kappa shape index (κ3) is 8.59. The molecule has 2 aromatic rings. The van der Waals surface area contributed by atoms with Crippen LogP contribution in [0.4, 0.5) is 120 Å². The van der Waals surface area contributed by atoms with Crippen molar-refractivity contribution in [2.45, 2.75) is 84.4 Å². The second-order valence-electron chi connectivity index (χ2n) is 14.0. The molecular formula is C36H20F26N2O3. The first-order chi connectivity index (χ1) is 29.9. The Hall–Kier alpha value is -5.42. The summed E-state index contributed by atoms with van der Waals surface area (Å²) in [6.45, 7) is -3.55. The zero-order valence-electron chi connectivity index (χ0n) is 31.6. The van der Waals surface area contributed by atoms with Gasteiger partial charge in [-0.15, -0.1) is 0 Å². The Bertz CT molecular complexity index is 2510. The maximum Gasteiger partial charge on any atom is 0.460 e. The first-order valence-electron chi connectivity index (χ1n) is 17.4. The Labute approximate surface area is 353 Å².